The molecule has 2 rings (SSSR count). The van der Waals surface area contributed by atoms with Crippen LogP contribution in [0.15, 0.2) is 0 Å². The summed E-state index contributed by atoms with van der Waals surface area (Å²) in [6.45, 7) is 0.726. The van der Waals surface area contributed by atoms with Gasteiger partial charge in [0.25, 0.3) is 0 Å². The Balaban J connectivity index is 1.75. The molecule has 1 aliphatic heterocycles. The minimum absolute atomic E-state index is 0.105. The van der Waals surface area contributed by atoms with Gasteiger partial charge in [0.05, 0.1) is 6.04 Å². The lowest BCUT2D eigenvalue weighted by atomic mass is 9.95. The summed E-state index contributed by atoms with van der Waals surface area (Å²) in [4.78, 5) is 11.9. The third kappa shape index (κ3) is 3.12. The molecule has 1 saturated carbocycles. The van der Waals surface area contributed by atoms with Crippen LogP contribution in [-0.4, -0.2) is 34.3 Å². The standard InChI is InChI=1S/C11H20N2O2S/c14-11(10-6-9(16-15)7-12-10)13-8-4-2-1-3-5-8/h8-10,12,15H,1-7H2,(H,13,14). The van der Waals surface area contributed by atoms with Crippen molar-refractivity contribution in [3.05, 3.63) is 0 Å². The van der Waals surface area contributed by atoms with Gasteiger partial charge in [0.2, 0.25) is 5.91 Å². The van der Waals surface area contributed by atoms with Crippen LogP contribution in [0.4, 0.5) is 0 Å². The molecule has 92 valence electrons. The van der Waals surface area contributed by atoms with E-state index in [1.165, 1.54) is 19.3 Å². The van der Waals surface area contributed by atoms with Crippen LogP contribution in [-0.2, 0) is 4.79 Å². The van der Waals surface area contributed by atoms with Gasteiger partial charge < -0.3 is 15.2 Å². The molecule has 2 atom stereocenters. The zero-order valence-corrected chi connectivity index (χ0v) is 10.3. The van der Waals surface area contributed by atoms with Crippen molar-refractivity contribution in [2.24, 2.45) is 0 Å². The summed E-state index contributed by atoms with van der Waals surface area (Å²) in [5, 5.41) is 6.44. The Hall–Kier alpha value is -0.260. The number of carbonyl (C=O) groups excluding carboxylic acids is 1. The van der Waals surface area contributed by atoms with Crippen molar-refractivity contribution < 1.29 is 9.35 Å². The maximum absolute atomic E-state index is 11.9. The summed E-state index contributed by atoms with van der Waals surface area (Å²) in [6, 6.07) is 0.274. The predicted molar refractivity (Wildman–Crippen MR) is 65.4 cm³/mol. The highest BCUT2D eigenvalue weighted by atomic mass is 32.2. The predicted octanol–water partition coefficient (Wildman–Crippen LogP) is 1.37. The highest BCUT2D eigenvalue weighted by molar-refractivity contribution is 7.94. The average molecular weight is 244 g/mol. The Morgan fingerprint density at radius 1 is 1.31 bits per heavy atom. The van der Waals surface area contributed by atoms with Gasteiger partial charge in [-0.05, 0) is 31.3 Å². The largest absolute Gasteiger partial charge is 0.352 e. The summed E-state index contributed by atoms with van der Waals surface area (Å²) in [6.07, 6.45) is 6.75. The monoisotopic (exact) mass is 244 g/mol. The Morgan fingerprint density at radius 2 is 2.06 bits per heavy atom. The van der Waals surface area contributed by atoms with E-state index in [9.17, 15) is 4.79 Å². The third-order valence-corrected chi connectivity index (χ3v) is 4.16. The van der Waals surface area contributed by atoms with Gasteiger partial charge in [-0.25, -0.2) is 0 Å². The smallest absolute Gasteiger partial charge is 0.237 e. The second kappa shape index (κ2) is 5.89. The molecular formula is C11H20N2O2S. The highest BCUT2D eigenvalue weighted by Gasteiger charge is 2.30. The first-order valence-electron chi connectivity index (χ1n) is 6.13. The molecule has 1 amide bonds. The Bertz CT molecular complexity index is 244. The minimum Gasteiger partial charge on any atom is -0.352 e. The van der Waals surface area contributed by atoms with E-state index in [0.29, 0.717) is 6.04 Å². The second-order valence-corrected chi connectivity index (χ2v) is 5.64. The molecule has 1 aliphatic carbocycles. The summed E-state index contributed by atoms with van der Waals surface area (Å²) >= 11 is 0.857. The minimum atomic E-state index is -0.105. The van der Waals surface area contributed by atoms with Gasteiger partial charge in [0.15, 0.2) is 0 Å². The number of hydrogen-bond donors (Lipinski definition) is 3. The molecule has 0 spiro atoms. The molecule has 0 aromatic rings. The summed E-state index contributed by atoms with van der Waals surface area (Å²) < 4.78 is 8.93. The van der Waals surface area contributed by atoms with Gasteiger partial charge in [-0.3, -0.25) is 4.79 Å². The molecule has 1 heterocycles. The lowest BCUT2D eigenvalue weighted by Gasteiger charge is -2.24. The summed E-state index contributed by atoms with van der Waals surface area (Å²) in [5.41, 5.74) is 0. The fourth-order valence-electron chi connectivity index (χ4n) is 2.53. The average Bonchev–Trinajstić information content (AvgIpc) is 2.79. The van der Waals surface area contributed by atoms with E-state index in [-0.39, 0.29) is 17.2 Å². The van der Waals surface area contributed by atoms with Crippen LogP contribution in [0.5, 0.6) is 0 Å². The van der Waals surface area contributed by atoms with Crippen LogP contribution < -0.4 is 10.6 Å². The van der Waals surface area contributed by atoms with Gasteiger partial charge in [-0.15, -0.1) is 0 Å². The quantitative estimate of drug-likeness (QED) is 0.656. The molecule has 16 heavy (non-hydrogen) atoms. The van der Waals surface area contributed by atoms with Crippen LogP contribution in [0, 0.1) is 0 Å². The zero-order valence-electron chi connectivity index (χ0n) is 9.45. The van der Waals surface area contributed by atoms with Crippen molar-refractivity contribution in [3.63, 3.8) is 0 Å². The van der Waals surface area contributed by atoms with Crippen LogP contribution in [0.2, 0.25) is 0 Å². The van der Waals surface area contributed by atoms with E-state index in [0.717, 1.165) is 37.8 Å². The molecule has 1 saturated heterocycles. The Labute approximate surface area is 101 Å². The molecule has 3 N–H and O–H groups in total. The van der Waals surface area contributed by atoms with Crippen molar-refractivity contribution in [2.45, 2.75) is 55.9 Å². The van der Waals surface area contributed by atoms with Crippen molar-refractivity contribution in [1.82, 2.24) is 10.6 Å². The zero-order chi connectivity index (χ0) is 11.4. The lowest BCUT2D eigenvalue weighted by Crippen LogP contribution is -2.45. The molecule has 4 nitrogen and oxygen atoms in total. The van der Waals surface area contributed by atoms with Gasteiger partial charge in [-0.1, -0.05) is 19.3 Å². The molecule has 0 aromatic carbocycles. The van der Waals surface area contributed by atoms with Crippen LogP contribution in [0.3, 0.4) is 0 Å². The lowest BCUT2D eigenvalue weighted by molar-refractivity contribution is -0.123. The summed E-state index contributed by atoms with van der Waals surface area (Å²) in [7, 11) is 0. The fraction of sp³-hybridized carbons (Fsp3) is 0.909. The Kier molecular flexibility index (Phi) is 4.49. The molecule has 0 radical (unpaired) electrons. The maximum atomic E-state index is 11.9. The number of amides is 1. The van der Waals surface area contributed by atoms with E-state index in [4.69, 9.17) is 4.55 Å². The van der Waals surface area contributed by atoms with E-state index in [1.54, 1.807) is 0 Å². The normalized spacial score (nSPS) is 31.6. The van der Waals surface area contributed by atoms with Crippen molar-refractivity contribution in [1.29, 1.82) is 0 Å². The van der Waals surface area contributed by atoms with Gasteiger partial charge in [0, 0.05) is 17.8 Å². The van der Waals surface area contributed by atoms with E-state index in [2.05, 4.69) is 10.6 Å². The number of rotatable bonds is 3. The fourth-order valence-corrected chi connectivity index (χ4v) is 2.98. The molecule has 2 unspecified atom stereocenters. The van der Waals surface area contributed by atoms with Gasteiger partial charge in [-0.2, -0.15) is 0 Å². The third-order valence-electron chi connectivity index (χ3n) is 3.51. The number of hydrogen-bond acceptors (Lipinski definition) is 4. The molecular weight excluding hydrogens is 224 g/mol. The molecule has 2 fully saturated rings. The second-order valence-electron chi connectivity index (χ2n) is 4.77. The molecule has 5 heteroatoms. The number of nitrogens with one attached hydrogen (secondary N) is 2. The topological polar surface area (TPSA) is 61.4 Å². The molecule has 2 aliphatic rings. The van der Waals surface area contributed by atoms with Crippen LogP contribution >= 0.6 is 12.0 Å². The number of carbonyl (C=O) groups is 1. The summed E-state index contributed by atoms with van der Waals surface area (Å²) in [5.74, 6) is 0.114. The van der Waals surface area contributed by atoms with Crippen molar-refractivity contribution in [2.75, 3.05) is 6.54 Å². The molecule has 0 aromatic heterocycles. The van der Waals surface area contributed by atoms with Crippen molar-refractivity contribution >= 4 is 17.9 Å². The van der Waals surface area contributed by atoms with Crippen molar-refractivity contribution in [3.8, 4) is 0 Å². The highest BCUT2D eigenvalue weighted by Crippen LogP contribution is 2.20. The van der Waals surface area contributed by atoms with Crippen LogP contribution in [0.25, 0.3) is 0 Å². The molecule has 0 bridgehead atoms. The van der Waals surface area contributed by atoms with Gasteiger partial charge in [0.1, 0.15) is 0 Å². The van der Waals surface area contributed by atoms with E-state index in [1.807, 2.05) is 0 Å². The SMILES string of the molecule is O=C(NC1CCCCC1)C1CC(SO)CN1. The maximum Gasteiger partial charge on any atom is 0.237 e. The van der Waals surface area contributed by atoms with E-state index < -0.39 is 0 Å². The Morgan fingerprint density at radius 3 is 2.69 bits per heavy atom. The van der Waals surface area contributed by atoms with Crippen LogP contribution in [0.1, 0.15) is 38.5 Å². The first-order valence-corrected chi connectivity index (χ1v) is 6.97. The first-order chi connectivity index (χ1) is 7.79. The first kappa shape index (κ1) is 12.2. The van der Waals surface area contributed by atoms with Gasteiger partial charge >= 0.3 is 0 Å². The van der Waals surface area contributed by atoms with E-state index >= 15 is 0 Å².